The Hall–Kier alpha value is -3.50. The van der Waals surface area contributed by atoms with E-state index in [2.05, 4.69) is 46.0 Å². The van der Waals surface area contributed by atoms with Gasteiger partial charge in [-0.1, -0.05) is 17.9 Å². The molecule has 26 heteroatoms. The molecule has 276 valence electrons. The standard InChI is InChI=1S/C31H24N10O10S3.3Na/c32-29-35-30(33-21-2-1-3-24(16-21)53(46,47)48)37-31(36-29)34-22-10-13-25-17(14-22)15-26(54(49,50)51)27(28(25)42)41-40-19-6-4-18(5-7-19)38-39-20-8-11-23(12-9-20)52(43,44)45;;;/h1-16,42H,(H,43,44,45)(H,46,47,48)(H,49,50,51)(H4,32,33,34,35,36,37);;;/q;3*+1/p-3. The molecular formula is C31H21N10Na3O10S3. The first-order valence-electron chi connectivity index (χ1n) is 14.8. The average molecular weight is 859 g/mol. The Bertz CT molecular complexity index is 2840. The number of nitrogen functional groups attached to an aromatic ring is 1. The molecule has 0 saturated carbocycles. The summed E-state index contributed by atoms with van der Waals surface area (Å²) in [7, 11) is -14.3. The SMILES string of the molecule is Nc1nc(Nc2cccc(S(=O)(=O)[O-])c2)nc(Nc2ccc3c([O-])c(N=Nc4ccc(N=Nc5ccc(S(=O)(=O)[O-])cc5)cc4)c(S(=O)(=O)O)cc3c2)n1.[Na+].[Na+].[Na+]. The molecule has 1 aromatic heterocycles. The van der Waals surface area contributed by atoms with Crippen LogP contribution >= 0.6 is 0 Å². The van der Waals surface area contributed by atoms with Crippen molar-refractivity contribution >= 4 is 93.1 Å². The summed E-state index contributed by atoms with van der Waals surface area (Å²) in [5, 5.41) is 34.8. The Morgan fingerprint density at radius 2 is 1.09 bits per heavy atom. The fourth-order valence-electron chi connectivity index (χ4n) is 4.69. The molecule has 0 bridgehead atoms. The maximum atomic E-state index is 13.4. The second kappa shape index (κ2) is 19.5. The molecule has 0 atom stereocenters. The molecule has 5 aromatic carbocycles. The van der Waals surface area contributed by atoms with Crippen LogP contribution in [-0.4, -0.2) is 53.9 Å². The number of fused-ring (bicyclic) bond motifs is 1. The van der Waals surface area contributed by atoms with Crippen molar-refractivity contribution in [3.63, 3.8) is 0 Å². The molecule has 0 aliphatic carbocycles. The zero-order chi connectivity index (χ0) is 38.8. The van der Waals surface area contributed by atoms with Gasteiger partial charge < -0.3 is 30.6 Å². The van der Waals surface area contributed by atoms with E-state index in [0.29, 0.717) is 5.69 Å². The molecule has 0 spiro atoms. The first-order valence-corrected chi connectivity index (χ1v) is 19.0. The van der Waals surface area contributed by atoms with E-state index in [4.69, 9.17) is 5.73 Å². The van der Waals surface area contributed by atoms with E-state index in [0.717, 1.165) is 30.3 Å². The van der Waals surface area contributed by atoms with E-state index in [1.807, 2.05) is 0 Å². The van der Waals surface area contributed by atoms with Crippen LogP contribution in [-0.2, 0) is 30.4 Å². The van der Waals surface area contributed by atoms with E-state index in [-0.39, 0.29) is 140 Å². The van der Waals surface area contributed by atoms with Crippen molar-refractivity contribution in [2.24, 2.45) is 20.5 Å². The van der Waals surface area contributed by atoms with E-state index in [1.165, 1.54) is 66.7 Å². The van der Waals surface area contributed by atoms with Crippen molar-refractivity contribution in [1.82, 2.24) is 15.0 Å². The topological polar surface area (TPSA) is 330 Å². The van der Waals surface area contributed by atoms with Gasteiger partial charge in [0, 0.05) is 11.4 Å². The Labute approximate surface area is 390 Å². The number of nitrogens with two attached hydrogens (primary N) is 1. The van der Waals surface area contributed by atoms with Gasteiger partial charge in [-0.3, -0.25) is 4.55 Å². The van der Waals surface area contributed by atoms with E-state index < -0.39 is 56.5 Å². The molecular weight excluding hydrogens is 838 g/mol. The molecule has 0 aliphatic heterocycles. The van der Waals surface area contributed by atoms with Crippen LogP contribution in [0.15, 0.2) is 132 Å². The van der Waals surface area contributed by atoms with Gasteiger partial charge in [-0.15, -0.1) is 5.11 Å². The van der Waals surface area contributed by atoms with Crippen LogP contribution < -0.4 is 110 Å². The third kappa shape index (κ3) is 12.5. The maximum Gasteiger partial charge on any atom is 1.00 e. The maximum absolute atomic E-state index is 13.4. The van der Waals surface area contributed by atoms with Crippen molar-refractivity contribution in [2.75, 3.05) is 16.4 Å². The van der Waals surface area contributed by atoms with Crippen LogP contribution in [0, 0.1) is 0 Å². The summed E-state index contributed by atoms with van der Waals surface area (Å²) in [6, 6.07) is 20.8. The van der Waals surface area contributed by atoms with Crippen LogP contribution in [0.5, 0.6) is 5.75 Å². The number of nitrogens with one attached hydrogen (secondary N) is 2. The van der Waals surface area contributed by atoms with Gasteiger partial charge in [-0.2, -0.15) is 38.7 Å². The first-order chi connectivity index (χ1) is 25.4. The monoisotopic (exact) mass is 858 g/mol. The second-order valence-corrected chi connectivity index (χ2v) is 15.0. The molecule has 0 aliphatic rings. The fourth-order valence-corrected chi connectivity index (χ4v) is 6.33. The van der Waals surface area contributed by atoms with Crippen LogP contribution in [0.3, 0.4) is 0 Å². The van der Waals surface area contributed by atoms with Crippen LogP contribution in [0.2, 0.25) is 0 Å². The molecule has 1 heterocycles. The van der Waals surface area contributed by atoms with Gasteiger partial charge in [0.05, 0.1) is 32.5 Å². The number of aromatic nitrogens is 3. The Morgan fingerprint density at radius 1 is 0.596 bits per heavy atom. The third-order valence-corrected chi connectivity index (χ3v) is 9.67. The van der Waals surface area contributed by atoms with Crippen molar-refractivity contribution in [3.8, 4) is 5.75 Å². The van der Waals surface area contributed by atoms with E-state index in [9.17, 15) is 44.0 Å². The summed E-state index contributed by atoms with van der Waals surface area (Å²) >= 11 is 0. The quantitative estimate of drug-likeness (QED) is 0.0549. The summed E-state index contributed by atoms with van der Waals surface area (Å²) in [4.78, 5) is 10.4. The van der Waals surface area contributed by atoms with Crippen molar-refractivity contribution in [2.45, 2.75) is 14.7 Å². The Morgan fingerprint density at radius 3 is 1.60 bits per heavy atom. The molecule has 6 aromatic rings. The molecule has 0 fully saturated rings. The number of hydrogen-bond acceptors (Lipinski definition) is 19. The summed E-state index contributed by atoms with van der Waals surface area (Å²) in [5.74, 6) is -1.35. The van der Waals surface area contributed by atoms with Gasteiger partial charge in [0.2, 0.25) is 17.8 Å². The number of benzene rings is 5. The Kier molecular flexibility index (Phi) is 16.4. The van der Waals surface area contributed by atoms with Crippen LogP contribution in [0.25, 0.3) is 10.8 Å². The van der Waals surface area contributed by atoms with Crippen LogP contribution in [0.1, 0.15) is 0 Å². The molecule has 0 unspecified atom stereocenters. The summed E-state index contributed by atoms with van der Waals surface area (Å²) in [6.45, 7) is 0. The number of azo groups is 2. The van der Waals surface area contributed by atoms with Crippen molar-refractivity contribution in [1.29, 1.82) is 0 Å². The molecule has 0 amide bonds. The second-order valence-electron chi connectivity index (χ2n) is 10.9. The number of anilines is 5. The number of rotatable bonds is 11. The minimum Gasteiger partial charge on any atom is -0.871 e. The molecule has 0 radical (unpaired) electrons. The normalized spacial score (nSPS) is 11.8. The first kappa shape index (κ1) is 47.9. The predicted molar refractivity (Wildman–Crippen MR) is 188 cm³/mol. The van der Waals surface area contributed by atoms with E-state index in [1.54, 1.807) is 0 Å². The van der Waals surface area contributed by atoms with Gasteiger partial charge >= 0.3 is 88.7 Å². The summed E-state index contributed by atoms with van der Waals surface area (Å²) in [6.07, 6.45) is 0. The Balaban J connectivity index is 0.00000290. The van der Waals surface area contributed by atoms with Crippen LogP contribution in [0.4, 0.5) is 52.0 Å². The summed E-state index contributed by atoms with van der Waals surface area (Å²) < 4.78 is 102. The smallest absolute Gasteiger partial charge is 0.871 e. The minimum absolute atomic E-state index is 0. The molecule has 6 rings (SSSR count). The number of nitrogens with zero attached hydrogens (tertiary/aromatic N) is 7. The zero-order valence-electron chi connectivity index (χ0n) is 29.8. The third-order valence-electron chi connectivity index (χ3n) is 7.12. The molecule has 57 heavy (non-hydrogen) atoms. The van der Waals surface area contributed by atoms with Gasteiger partial charge in [-0.05, 0) is 95.7 Å². The predicted octanol–water partition coefficient (Wildman–Crippen LogP) is -3.93. The van der Waals surface area contributed by atoms with Gasteiger partial charge in [0.1, 0.15) is 25.1 Å². The zero-order valence-corrected chi connectivity index (χ0v) is 38.2. The van der Waals surface area contributed by atoms with Gasteiger partial charge in [0.15, 0.2) is 0 Å². The fraction of sp³-hybridized carbons (Fsp3) is 0. The van der Waals surface area contributed by atoms with Crippen molar-refractivity contribution < 1.29 is 133 Å². The molecule has 5 N–H and O–H groups in total. The van der Waals surface area contributed by atoms with Crippen molar-refractivity contribution in [3.05, 3.63) is 97.1 Å². The van der Waals surface area contributed by atoms with Gasteiger partial charge in [-0.25, -0.2) is 16.8 Å². The van der Waals surface area contributed by atoms with Gasteiger partial charge in [0.25, 0.3) is 10.1 Å². The molecule has 0 saturated heterocycles. The average Bonchev–Trinajstić information content (AvgIpc) is 3.09. The largest absolute Gasteiger partial charge is 1.00 e. The molecule has 20 nitrogen and oxygen atoms in total. The minimum atomic E-state index is -5.00. The summed E-state index contributed by atoms with van der Waals surface area (Å²) in [5.41, 5.74) is 6.34. The van der Waals surface area contributed by atoms with E-state index >= 15 is 0 Å². The number of hydrogen-bond donors (Lipinski definition) is 4.